The van der Waals surface area contributed by atoms with E-state index in [2.05, 4.69) is 48.5 Å². The molecule has 0 radical (unpaired) electrons. The Morgan fingerprint density at radius 1 is 1.23 bits per heavy atom. The van der Waals surface area contributed by atoms with Crippen LogP contribution >= 0.6 is 0 Å². The third-order valence-corrected chi connectivity index (χ3v) is 3.83. The highest BCUT2D eigenvalue weighted by Gasteiger charge is 2.14. The third-order valence-electron chi connectivity index (χ3n) is 3.83. The Labute approximate surface area is 153 Å². The van der Waals surface area contributed by atoms with E-state index in [9.17, 15) is 9.59 Å². The largest absolute Gasteiger partial charge is 0.491 e. The summed E-state index contributed by atoms with van der Waals surface area (Å²) in [5.41, 5.74) is 1.58. The average molecular weight is 358 g/mol. The monoisotopic (exact) mass is 358 g/mol. The van der Waals surface area contributed by atoms with E-state index in [1.807, 2.05) is 19.1 Å². The Morgan fingerprint density at radius 3 is 2.42 bits per heavy atom. The maximum atomic E-state index is 12.0. The van der Waals surface area contributed by atoms with Crippen molar-refractivity contribution in [2.24, 2.45) is 0 Å². The molecule has 0 saturated carbocycles. The summed E-state index contributed by atoms with van der Waals surface area (Å²) in [4.78, 5) is 23.2. The van der Waals surface area contributed by atoms with Gasteiger partial charge in [-0.2, -0.15) is 0 Å². The van der Waals surface area contributed by atoms with Crippen LogP contribution in [0.2, 0.25) is 0 Å². The highest BCUT2D eigenvalue weighted by Crippen LogP contribution is 2.24. The van der Waals surface area contributed by atoms with Crippen molar-refractivity contribution in [3.8, 4) is 5.75 Å². The van der Waals surface area contributed by atoms with Crippen molar-refractivity contribution in [2.45, 2.75) is 52.6 Å². The number of hydrogen-bond donors (Lipinski definition) is 1. The molecule has 0 aliphatic heterocycles. The van der Waals surface area contributed by atoms with E-state index >= 15 is 0 Å². The molecule has 0 bridgehead atoms. The van der Waals surface area contributed by atoms with Gasteiger partial charge in [-0.3, -0.25) is 9.59 Å². The van der Waals surface area contributed by atoms with E-state index < -0.39 is 0 Å². The van der Waals surface area contributed by atoms with E-state index in [1.54, 1.807) is 0 Å². The molecule has 1 heterocycles. The minimum absolute atomic E-state index is 0.00486. The topological polar surface area (TPSA) is 86.1 Å². The summed E-state index contributed by atoms with van der Waals surface area (Å²) >= 11 is 0. The first-order valence-corrected chi connectivity index (χ1v) is 8.59. The second-order valence-corrected chi connectivity index (χ2v) is 7.41. The third kappa shape index (κ3) is 5.68. The number of nitrogens with one attached hydrogen (secondary N) is 1. The van der Waals surface area contributed by atoms with Crippen LogP contribution in [-0.2, 0) is 16.8 Å². The lowest BCUT2D eigenvalue weighted by molar-refractivity contribution is -0.122. The molecule has 0 saturated heterocycles. The van der Waals surface area contributed by atoms with Gasteiger partial charge in [0.2, 0.25) is 5.91 Å². The Bertz CT molecular complexity index is 760. The van der Waals surface area contributed by atoms with Gasteiger partial charge >= 0.3 is 0 Å². The number of hydrogen-bond acceptors (Lipinski definition) is 5. The van der Waals surface area contributed by atoms with Crippen LogP contribution in [0.1, 0.15) is 50.7 Å². The molecule has 1 aromatic heterocycles. The minimum atomic E-state index is -0.218. The molecule has 26 heavy (non-hydrogen) atoms. The van der Waals surface area contributed by atoms with E-state index in [0.717, 1.165) is 5.75 Å². The molecular formula is C19H26N4O3. The van der Waals surface area contributed by atoms with Crippen molar-refractivity contribution >= 4 is 11.7 Å². The van der Waals surface area contributed by atoms with Crippen LogP contribution in [0.3, 0.4) is 0 Å². The van der Waals surface area contributed by atoms with Crippen molar-refractivity contribution in [3.63, 3.8) is 0 Å². The molecular weight excluding hydrogens is 332 g/mol. The van der Waals surface area contributed by atoms with Gasteiger partial charge in [0, 0.05) is 6.92 Å². The lowest BCUT2D eigenvalue weighted by atomic mass is 9.87. The number of carbonyl (C=O) groups excluding carboxylic acids is 2. The number of ketones is 1. The van der Waals surface area contributed by atoms with Gasteiger partial charge < -0.3 is 10.1 Å². The van der Waals surface area contributed by atoms with Crippen LogP contribution in [0.5, 0.6) is 5.75 Å². The zero-order valence-electron chi connectivity index (χ0n) is 15.9. The number of ether oxygens (including phenoxy) is 1. The molecule has 0 aliphatic rings. The summed E-state index contributed by atoms with van der Waals surface area (Å²) in [6.45, 7) is 10.1. The Hall–Kier alpha value is -2.70. The zero-order chi connectivity index (χ0) is 19.3. The fraction of sp³-hybridized carbons (Fsp3) is 0.474. The summed E-state index contributed by atoms with van der Waals surface area (Å²) in [5, 5.41) is 10.3. The van der Waals surface area contributed by atoms with Gasteiger partial charge in [0.15, 0.2) is 5.78 Å². The van der Waals surface area contributed by atoms with Crippen molar-refractivity contribution in [1.29, 1.82) is 0 Å². The highest BCUT2D eigenvalue weighted by molar-refractivity contribution is 5.91. The minimum Gasteiger partial charge on any atom is -0.491 e. The molecule has 2 rings (SSSR count). The van der Waals surface area contributed by atoms with Crippen LogP contribution in [0, 0.1) is 0 Å². The normalized spacial score (nSPS) is 12.5. The van der Waals surface area contributed by atoms with Gasteiger partial charge in [0.1, 0.15) is 24.6 Å². The first-order valence-electron chi connectivity index (χ1n) is 8.59. The van der Waals surface area contributed by atoms with Crippen LogP contribution in [0.25, 0.3) is 0 Å². The highest BCUT2D eigenvalue weighted by atomic mass is 16.5. The van der Waals surface area contributed by atoms with Gasteiger partial charge in [-0.15, -0.1) is 5.10 Å². The Kier molecular flexibility index (Phi) is 6.13. The lowest BCUT2D eigenvalue weighted by Gasteiger charge is -2.20. The maximum Gasteiger partial charge on any atom is 0.242 e. The standard InChI is InChI=1S/C19H26N4O3/c1-13(12-26-16-8-6-15(7-9-16)19(3,4)5)20-18(25)11-23-10-17(14(2)24)21-22-23/h6-10,13H,11-12H2,1-5H3,(H,20,25). The van der Waals surface area contributed by atoms with Crippen LogP contribution < -0.4 is 10.1 Å². The molecule has 1 aromatic carbocycles. The zero-order valence-corrected chi connectivity index (χ0v) is 15.9. The average Bonchev–Trinajstić information content (AvgIpc) is 3.01. The molecule has 140 valence electrons. The van der Waals surface area contributed by atoms with Gasteiger partial charge in [0.25, 0.3) is 0 Å². The predicted octanol–water partition coefficient (Wildman–Crippen LogP) is 2.36. The second kappa shape index (κ2) is 8.12. The van der Waals surface area contributed by atoms with E-state index in [1.165, 1.54) is 23.4 Å². The molecule has 0 aliphatic carbocycles. The lowest BCUT2D eigenvalue weighted by Crippen LogP contribution is -2.38. The number of Topliss-reactive ketones (excluding diaryl/α,β-unsaturated/α-hetero) is 1. The fourth-order valence-corrected chi connectivity index (χ4v) is 2.32. The second-order valence-electron chi connectivity index (χ2n) is 7.41. The Balaban J connectivity index is 1.79. The van der Waals surface area contributed by atoms with E-state index in [-0.39, 0.29) is 35.4 Å². The van der Waals surface area contributed by atoms with Crippen LogP contribution in [0.15, 0.2) is 30.5 Å². The number of benzene rings is 1. The van der Waals surface area contributed by atoms with Crippen molar-refractivity contribution < 1.29 is 14.3 Å². The van der Waals surface area contributed by atoms with E-state index in [4.69, 9.17) is 4.74 Å². The number of aromatic nitrogens is 3. The number of rotatable bonds is 7. The molecule has 7 nitrogen and oxygen atoms in total. The molecule has 0 spiro atoms. The molecule has 1 unspecified atom stereocenters. The van der Waals surface area contributed by atoms with E-state index in [0.29, 0.717) is 6.61 Å². The smallest absolute Gasteiger partial charge is 0.242 e. The number of carbonyl (C=O) groups is 2. The molecule has 7 heteroatoms. The van der Waals surface area contributed by atoms with Gasteiger partial charge in [-0.1, -0.05) is 38.1 Å². The first-order chi connectivity index (χ1) is 12.1. The molecule has 2 aromatic rings. The van der Waals surface area contributed by atoms with Crippen LogP contribution in [0.4, 0.5) is 0 Å². The molecule has 0 fully saturated rings. The summed E-state index contributed by atoms with van der Waals surface area (Å²) in [5.74, 6) is 0.363. The van der Waals surface area contributed by atoms with Gasteiger partial charge in [-0.25, -0.2) is 4.68 Å². The number of amides is 1. The van der Waals surface area contributed by atoms with Crippen molar-refractivity contribution in [1.82, 2.24) is 20.3 Å². The molecule has 1 N–H and O–H groups in total. The van der Waals surface area contributed by atoms with Crippen molar-refractivity contribution in [3.05, 3.63) is 41.7 Å². The molecule has 1 amide bonds. The summed E-state index contributed by atoms with van der Waals surface area (Å²) in [6.07, 6.45) is 1.46. The SMILES string of the molecule is CC(=O)c1cn(CC(=O)NC(C)COc2ccc(C(C)(C)C)cc2)nn1. The summed E-state index contributed by atoms with van der Waals surface area (Å²) in [7, 11) is 0. The fourth-order valence-electron chi connectivity index (χ4n) is 2.32. The predicted molar refractivity (Wildman–Crippen MR) is 98.3 cm³/mol. The van der Waals surface area contributed by atoms with Crippen LogP contribution in [-0.4, -0.2) is 39.3 Å². The molecule has 1 atom stereocenters. The number of nitrogens with zero attached hydrogens (tertiary/aromatic N) is 3. The van der Waals surface area contributed by atoms with Gasteiger partial charge in [-0.05, 0) is 30.0 Å². The summed E-state index contributed by atoms with van der Waals surface area (Å²) < 4.78 is 7.07. The van der Waals surface area contributed by atoms with Crippen molar-refractivity contribution in [2.75, 3.05) is 6.61 Å². The summed E-state index contributed by atoms with van der Waals surface area (Å²) in [6, 6.07) is 7.81. The Morgan fingerprint density at radius 2 is 1.88 bits per heavy atom. The quantitative estimate of drug-likeness (QED) is 0.768. The first kappa shape index (κ1) is 19.6. The maximum absolute atomic E-state index is 12.0. The van der Waals surface area contributed by atoms with Gasteiger partial charge in [0.05, 0.1) is 12.2 Å².